The van der Waals surface area contributed by atoms with E-state index in [0.717, 1.165) is 0 Å². The smallest absolute Gasteiger partial charge is 0.322 e. The summed E-state index contributed by atoms with van der Waals surface area (Å²) < 4.78 is 6.69. The van der Waals surface area contributed by atoms with Gasteiger partial charge in [0.2, 0.25) is 0 Å². The van der Waals surface area contributed by atoms with E-state index < -0.39 is 23.4 Å². The SMILES string of the molecule is COc1cc(-n2cnnn2)c(Cl)cc1C(=O)Nc1cccc(C2(C)NC(=O)NC2=O)c1. The van der Waals surface area contributed by atoms with Crippen molar-refractivity contribution in [1.82, 2.24) is 30.8 Å². The summed E-state index contributed by atoms with van der Waals surface area (Å²) >= 11 is 6.32. The van der Waals surface area contributed by atoms with Crippen LogP contribution in [0.4, 0.5) is 10.5 Å². The predicted molar refractivity (Wildman–Crippen MR) is 109 cm³/mol. The zero-order valence-electron chi connectivity index (χ0n) is 16.3. The van der Waals surface area contributed by atoms with Gasteiger partial charge in [0.1, 0.15) is 17.6 Å². The van der Waals surface area contributed by atoms with Gasteiger partial charge in [0.25, 0.3) is 11.8 Å². The molecule has 1 aromatic heterocycles. The van der Waals surface area contributed by atoms with E-state index in [2.05, 4.69) is 31.5 Å². The molecule has 4 amide bonds. The molecule has 1 unspecified atom stereocenters. The second-order valence-corrected chi connectivity index (χ2v) is 7.23. The van der Waals surface area contributed by atoms with Crippen LogP contribution in [0.25, 0.3) is 5.69 Å². The normalized spacial score (nSPS) is 17.8. The van der Waals surface area contributed by atoms with E-state index in [1.807, 2.05) is 0 Å². The quantitative estimate of drug-likeness (QED) is 0.511. The highest BCUT2D eigenvalue weighted by atomic mass is 35.5. The molecule has 0 saturated carbocycles. The highest BCUT2D eigenvalue weighted by Crippen LogP contribution is 2.31. The van der Waals surface area contributed by atoms with E-state index in [-0.39, 0.29) is 16.3 Å². The van der Waals surface area contributed by atoms with Crippen molar-refractivity contribution in [2.45, 2.75) is 12.5 Å². The van der Waals surface area contributed by atoms with E-state index in [4.69, 9.17) is 16.3 Å². The molecule has 1 atom stereocenters. The van der Waals surface area contributed by atoms with Gasteiger partial charge >= 0.3 is 6.03 Å². The standard InChI is InChI=1S/C19H16ClN7O4/c1-19(17(29)23-18(30)24-19)10-4-3-5-11(6-10)22-16(28)12-7-13(20)14(8-15(12)31-2)27-9-21-25-26-27/h3-9H,1-2H3,(H,22,28)(H2,23,24,29,30). The van der Waals surface area contributed by atoms with Crippen molar-refractivity contribution in [3.8, 4) is 11.4 Å². The molecule has 1 fully saturated rings. The number of nitrogens with zero attached hydrogens (tertiary/aromatic N) is 4. The lowest BCUT2D eigenvalue weighted by Gasteiger charge is -2.21. The molecular formula is C19H16ClN7O4. The molecule has 11 nitrogen and oxygen atoms in total. The van der Waals surface area contributed by atoms with Crippen molar-refractivity contribution in [3.05, 3.63) is 58.9 Å². The molecule has 3 N–H and O–H groups in total. The lowest BCUT2D eigenvalue weighted by molar-refractivity contribution is -0.123. The maximum absolute atomic E-state index is 12.9. The van der Waals surface area contributed by atoms with Gasteiger partial charge in [0.15, 0.2) is 0 Å². The number of imide groups is 1. The summed E-state index contributed by atoms with van der Waals surface area (Å²) in [6.07, 6.45) is 1.37. The zero-order valence-corrected chi connectivity index (χ0v) is 17.1. The van der Waals surface area contributed by atoms with E-state index in [9.17, 15) is 14.4 Å². The van der Waals surface area contributed by atoms with Crippen molar-refractivity contribution < 1.29 is 19.1 Å². The number of carbonyl (C=O) groups excluding carboxylic acids is 3. The van der Waals surface area contributed by atoms with Crippen molar-refractivity contribution >= 4 is 35.1 Å². The molecule has 0 spiro atoms. The molecule has 4 rings (SSSR count). The molecule has 1 aliphatic rings. The second-order valence-electron chi connectivity index (χ2n) is 6.83. The summed E-state index contributed by atoms with van der Waals surface area (Å²) in [7, 11) is 1.42. The van der Waals surface area contributed by atoms with Crippen LogP contribution in [-0.2, 0) is 10.3 Å². The Hall–Kier alpha value is -3.99. The summed E-state index contributed by atoms with van der Waals surface area (Å²) in [6.45, 7) is 1.58. The monoisotopic (exact) mass is 441 g/mol. The Kier molecular flexibility index (Phi) is 5.03. The average molecular weight is 442 g/mol. The summed E-state index contributed by atoms with van der Waals surface area (Å²) in [6, 6.07) is 9.02. The Bertz CT molecular complexity index is 1200. The second kappa shape index (κ2) is 7.69. The highest BCUT2D eigenvalue weighted by molar-refractivity contribution is 6.33. The van der Waals surface area contributed by atoms with Crippen LogP contribution >= 0.6 is 11.6 Å². The molecule has 0 aliphatic carbocycles. The first-order valence-electron chi connectivity index (χ1n) is 8.98. The number of hydrogen-bond acceptors (Lipinski definition) is 7. The van der Waals surface area contributed by atoms with Crippen LogP contribution in [0.3, 0.4) is 0 Å². The molecule has 2 heterocycles. The number of ether oxygens (including phenoxy) is 1. The first-order chi connectivity index (χ1) is 14.8. The molecule has 1 saturated heterocycles. The first-order valence-corrected chi connectivity index (χ1v) is 9.36. The van der Waals surface area contributed by atoms with Crippen LogP contribution in [0.5, 0.6) is 5.75 Å². The summed E-state index contributed by atoms with van der Waals surface area (Å²) in [5.74, 6) is -0.699. The number of halogens is 1. The molecule has 1 aliphatic heterocycles. The average Bonchev–Trinajstić information content (AvgIpc) is 3.36. The van der Waals surface area contributed by atoms with Gasteiger partial charge in [0, 0.05) is 11.8 Å². The van der Waals surface area contributed by atoms with Crippen LogP contribution < -0.4 is 20.7 Å². The van der Waals surface area contributed by atoms with Crippen LogP contribution in [0, 0.1) is 0 Å². The number of methoxy groups -OCH3 is 1. The summed E-state index contributed by atoms with van der Waals surface area (Å²) in [5, 5.41) is 18.7. The van der Waals surface area contributed by atoms with Gasteiger partial charge < -0.3 is 15.4 Å². The number of anilines is 1. The minimum atomic E-state index is -1.24. The third kappa shape index (κ3) is 3.66. The number of carbonyl (C=O) groups is 3. The van der Waals surface area contributed by atoms with E-state index >= 15 is 0 Å². The third-order valence-electron chi connectivity index (χ3n) is 4.85. The van der Waals surface area contributed by atoms with Gasteiger partial charge in [-0.2, -0.15) is 4.68 Å². The van der Waals surface area contributed by atoms with Crippen molar-refractivity contribution in [2.75, 3.05) is 12.4 Å². The van der Waals surface area contributed by atoms with Crippen LogP contribution in [0.2, 0.25) is 5.02 Å². The number of rotatable bonds is 5. The Morgan fingerprint density at radius 3 is 2.71 bits per heavy atom. The van der Waals surface area contributed by atoms with Crippen LogP contribution in [0.15, 0.2) is 42.7 Å². The molecule has 0 bridgehead atoms. The fourth-order valence-corrected chi connectivity index (χ4v) is 3.44. The van der Waals surface area contributed by atoms with Crippen molar-refractivity contribution in [3.63, 3.8) is 0 Å². The van der Waals surface area contributed by atoms with Gasteiger partial charge in [-0.25, -0.2) is 4.79 Å². The molecule has 2 aromatic carbocycles. The van der Waals surface area contributed by atoms with E-state index in [1.54, 1.807) is 37.3 Å². The van der Waals surface area contributed by atoms with Gasteiger partial charge in [-0.1, -0.05) is 23.7 Å². The fraction of sp³-hybridized carbons (Fsp3) is 0.158. The Morgan fingerprint density at radius 2 is 2.06 bits per heavy atom. The summed E-state index contributed by atoms with van der Waals surface area (Å²) in [4.78, 5) is 36.7. The molecule has 0 radical (unpaired) electrons. The van der Waals surface area contributed by atoms with Crippen LogP contribution in [-0.4, -0.2) is 45.2 Å². The molecule has 12 heteroatoms. The fourth-order valence-electron chi connectivity index (χ4n) is 3.19. The number of nitrogens with one attached hydrogen (secondary N) is 3. The molecule has 3 aromatic rings. The maximum atomic E-state index is 12.9. The Labute approximate surface area is 180 Å². The number of aromatic nitrogens is 4. The third-order valence-corrected chi connectivity index (χ3v) is 5.15. The van der Waals surface area contributed by atoms with Crippen molar-refractivity contribution in [2.24, 2.45) is 0 Å². The summed E-state index contributed by atoms with van der Waals surface area (Å²) in [5.41, 5.74) is 0.311. The largest absolute Gasteiger partial charge is 0.496 e. The lowest BCUT2D eigenvalue weighted by Crippen LogP contribution is -2.40. The number of tetrazole rings is 1. The van der Waals surface area contributed by atoms with Crippen molar-refractivity contribution in [1.29, 1.82) is 0 Å². The minimum Gasteiger partial charge on any atom is -0.496 e. The van der Waals surface area contributed by atoms with E-state index in [1.165, 1.54) is 24.2 Å². The zero-order chi connectivity index (χ0) is 22.2. The molecular weight excluding hydrogens is 426 g/mol. The van der Waals surface area contributed by atoms with Gasteiger partial charge in [-0.3, -0.25) is 14.9 Å². The predicted octanol–water partition coefficient (Wildman–Crippen LogP) is 1.63. The van der Waals surface area contributed by atoms with Gasteiger partial charge in [-0.15, -0.1) is 5.10 Å². The lowest BCUT2D eigenvalue weighted by atomic mass is 9.92. The number of hydrogen-bond donors (Lipinski definition) is 3. The Morgan fingerprint density at radius 1 is 1.26 bits per heavy atom. The van der Waals surface area contributed by atoms with Gasteiger partial charge in [-0.05, 0) is 41.1 Å². The maximum Gasteiger partial charge on any atom is 0.322 e. The topological polar surface area (TPSA) is 140 Å². The van der Waals surface area contributed by atoms with E-state index in [0.29, 0.717) is 16.9 Å². The molecule has 31 heavy (non-hydrogen) atoms. The highest BCUT2D eigenvalue weighted by Gasteiger charge is 2.43. The number of urea groups is 1. The first kappa shape index (κ1) is 20.3. The van der Waals surface area contributed by atoms with Crippen LogP contribution in [0.1, 0.15) is 22.8 Å². The van der Waals surface area contributed by atoms with Gasteiger partial charge in [0.05, 0.1) is 23.4 Å². The minimum absolute atomic E-state index is 0.188. The number of benzene rings is 2. The molecule has 158 valence electrons. The Balaban J connectivity index is 1.63. The number of amides is 4.